The van der Waals surface area contributed by atoms with Crippen LogP contribution in [0.15, 0.2) is 0 Å². The van der Waals surface area contributed by atoms with Gasteiger partial charge in [-0.1, -0.05) is 6.42 Å². The Morgan fingerprint density at radius 2 is 1.92 bits per heavy atom. The van der Waals surface area contributed by atoms with E-state index in [2.05, 4.69) is 11.8 Å². The minimum Gasteiger partial charge on any atom is -0.365 e. The molecule has 13 heavy (non-hydrogen) atoms. The second-order valence-corrected chi connectivity index (χ2v) is 4.44. The van der Waals surface area contributed by atoms with Crippen LogP contribution < -0.4 is 0 Å². The lowest BCUT2D eigenvalue weighted by molar-refractivity contribution is -0.227. The molecule has 0 aromatic heterocycles. The zero-order valence-corrected chi connectivity index (χ0v) is 8.82. The predicted octanol–water partition coefficient (Wildman–Crippen LogP) is 0.808. The van der Waals surface area contributed by atoms with Gasteiger partial charge in [0.15, 0.2) is 5.79 Å². The molecule has 1 aliphatic carbocycles. The zero-order chi connectivity index (χ0) is 10.1. The molecular formula is C10H21NO2. The highest BCUT2D eigenvalue weighted by Crippen LogP contribution is 2.35. The molecule has 2 atom stereocenters. The SMILES string of the molecule is CC(C1CCCCC1(O)O)N(C)C. The van der Waals surface area contributed by atoms with Gasteiger partial charge in [0, 0.05) is 18.4 Å². The van der Waals surface area contributed by atoms with E-state index in [0.29, 0.717) is 6.42 Å². The van der Waals surface area contributed by atoms with Gasteiger partial charge in [0.1, 0.15) is 0 Å². The first-order valence-electron chi connectivity index (χ1n) is 5.06. The van der Waals surface area contributed by atoms with Gasteiger partial charge in [-0.3, -0.25) is 0 Å². The Morgan fingerprint density at radius 3 is 2.38 bits per heavy atom. The molecule has 1 rings (SSSR count). The van der Waals surface area contributed by atoms with Crippen molar-refractivity contribution in [3.05, 3.63) is 0 Å². The number of aliphatic hydroxyl groups is 2. The van der Waals surface area contributed by atoms with Gasteiger partial charge in [-0.25, -0.2) is 0 Å². The molecule has 78 valence electrons. The van der Waals surface area contributed by atoms with Gasteiger partial charge in [0.25, 0.3) is 0 Å². The Labute approximate surface area is 80.4 Å². The van der Waals surface area contributed by atoms with Crippen molar-refractivity contribution in [2.45, 2.75) is 44.4 Å². The smallest absolute Gasteiger partial charge is 0.166 e. The lowest BCUT2D eigenvalue weighted by Crippen LogP contribution is -2.49. The van der Waals surface area contributed by atoms with Crippen LogP contribution in [-0.2, 0) is 0 Å². The van der Waals surface area contributed by atoms with Crippen LogP contribution in [0.2, 0.25) is 0 Å². The third kappa shape index (κ3) is 2.42. The number of nitrogens with zero attached hydrogens (tertiary/aromatic N) is 1. The molecule has 0 aliphatic heterocycles. The van der Waals surface area contributed by atoms with Gasteiger partial charge >= 0.3 is 0 Å². The highest BCUT2D eigenvalue weighted by atomic mass is 16.5. The largest absolute Gasteiger partial charge is 0.365 e. The summed E-state index contributed by atoms with van der Waals surface area (Å²) in [6.07, 6.45) is 3.50. The van der Waals surface area contributed by atoms with Gasteiger partial charge in [0.2, 0.25) is 0 Å². The van der Waals surface area contributed by atoms with Crippen LogP contribution in [0.3, 0.4) is 0 Å². The maximum absolute atomic E-state index is 9.78. The van der Waals surface area contributed by atoms with Gasteiger partial charge in [-0.15, -0.1) is 0 Å². The summed E-state index contributed by atoms with van der Waals surface area (Å²) < 4.78 is 0. The Hall–Kier alpha value is -0.120. The van der Waals surface area contributed by atoms with Gasteiger partial charge in [0.05, 0.1) is 0 Å². The molecule has 0 heterocycles. The molecule has 1 aliphatic rings. The third-order valence-corrected chi connectivity index (χ3v) is 3.30. The molecule has 3 heteroatoms. The van der Waals surface area contributed by atoms with Crippen molar-refractivity contribution in [2.24, 2.45) is 5.92 Å². The van der Waals surface area contributed by atoms with Crippen LogP contribution >= 0.6 is 0 Å². The van der Waals surface area contributed by atoms with E-state index in [9.17, 15) is 10.2 Å². The molecule has 0 saturated heterocycles. The lowest BCUT2D eigenvalue weighted by atomic mass is 9.79. The lowest BCUT2D eigenvalue weighted by Gasteiger charge is -2.41. The minimum atomic E-state index is -1.44. The van der Waals surface area contributed by atoms with Crippen LogP contribution in [0.1, 0.15) is 32.6 Å². The minimum absolute atomic E-state index is 0.00347. The fourth-order valence-corrected chi connectivity index (χ4v) is 2.15. The van der Waals surface area contributed by atoms with E-state index in [1.165, 1.54) is 0 Å². The summed E-state index contributed by atoms with van der Waals surface area (Å²) in [5.74, 6) is -1.45. The summed E-state index contributed by atoms with van der Waals surface area (Å²) in [7, 11) is 3.96. The fraction of sp³-hybridized carbons (Fsp3) is 1.00. The van der Waals surface area contributed by atoms with Crippen molar-refractivity contribution >= 4 is 0 Å². The van der Waals surface area contributed by atoms with E-state index in [1.54, 1.807) is 0 Å². The Balaban J connectivity index is 2.65. The Morgan fingerprint density at radius 1 is 1.31 bits per heavy atom. The van der Waals surface area contributed by atoms with E-state index >= 15 is 0 Å². The van der Waals surface area contributed by atoms with Gasteiger partial charge < -0.3 is 15.1 Å². The summed E-state index contributed by atoms with van der Waals surface area (Å²) >= 11 is 0. The molecule has 1 saturated carbocycles. The van der Waals surface area contributed by atoms with Gasteiger partial charge in [-0.2, -0.15) is 0 Å². The molecule has 0 bridgehead atoms. The maximum Gasteiger partial charge on any atom is 0.166 e. The molecule has 1 fully saturated rings. The fourth-order valence-electron chi connectivity index (χ4n) is 2.15. The normalized spacial score (nSPS) is 30.5. The van der Waals surface area contributed by atoms with Crippen molar-refractivity contribution < 1.29 is 10.2 Å². The van der Waals surface area contributed by atoms with Crippen molar-refractivity contribution in [2.75, 3.05) is 14.1 Å². The molecule has 0 aromatic rings. The molecule has 2 unspecified atom stereocenters. The standard InChI is InChI=1S/C10H21NO2/c1-8(11(2)3)9-6-4-5-7-10(9,12)13/h8-9,12-13H,4-7H2,1-3H3. The molecule has 0 amide bonds. The number of rotatable bonds is 2. The molecule has 3 nitrogen and oxygen atoms in total. The van der Waals surface area contributed by atoms with Crippen LogP contribution in [0.25, 0.3) is 0 Å². The summed E-state index contributed by atoms with van der Waals surface area (Å²) in [5, 5.41) is 19.6. The van der Waals surface area contributed by atoms with E-state index < -0.39 is 5.79 Å². The topological polar surface area (TPSA) is 43.7 Å². The number of hydrogen-bond donors (Lipinski definition) is 2. The van der Waals surface area contributed by atoms with Crippen molar-refractivity contribution in [1.29, 1.82) is 0 Å². The second-order valence-electron chi connectivity index (χ2n) is 4.44. The maximum atomic E-state index is 9.78. The van der Waals surface area contributed by atoms with Crippen LogP contribution in [0.4, 0.5) is 0 Å². The molecule has 2 N–H and O–H groups in total. The highest BCUT2D eigenvalue weighted by Gasteiger charge is 2.40. The van der Waals surface area contributed by atoms with Crippen molar-refractivity contribution in [3.8, 4) is 0 Å². The van der Waals surface area contributed by atoms with Gasteiger partial charge in [-0.05, 0) is 33.9 Å². The van der Waals surface area contributed by atoms with E-state index in [4.69, 9.17) is 0 Å². The Kier molecular flexibility index (Phi) is 3.33. The first kappa shape index (κ1) is 11.0. The summed E-state index contributed by atoms with van der Waals surface area (Å²) in [6.45, 7) is 2.05. The van der Waals surface area contributed by atoms with Crippen LogP contribution in [0, 0.1) is 5.92 Å². The molecule has 0 radical (unpaired) electrons. The number of hydrogen-bond acceptors (Lipinski definition) is 3. The van der Waals surface area contributed by atoms with E-state index in [1.807, 2.05) is 14.1 Å². The van der Waals surface area contributed by atoms with E-state index in [0.717, 1.165) is 19.3 Å². The Bertz CT molecular complexity index is 168. The van der Waals surface area contributed by atoms with Crippen LogP contribution in [0.5, 0.6) is 0 Å². The molecule has 0 spiro atoms. The molecule has 0 aromatic carbocycles. The van der Waals surface area contributed by atoms with Crippen LogP contribution in [-0.4, -0.2) is 41.0 Å². The average molecular weight is 187 g/mol. The highest BCUT2D eigenvalue weighted by molar-refractivity contribution is 4.86. The van der Waals surface area contributed by atoms with Crippen molar-refractivity contribution in [3.63, 3.8) is 0 Å². The first-order valence-corrected chi connectivity index (χ1v) is 5.06. The summed E-state index contributed by atoms with van der Waals surface area (Å²) in [6, 6.07) is 0.232. The quantitative estimate of drug-likeness (QED) is 0.629. The summed E-state index contributed by atoms with van der Waals surface area (Å²) in [5.41, 5.74) is 0. The van der Waals surface area contributed by atoms with Crippen molar-refractivity contribution in [1.82, 2.24) is 4.90 Å². The summed E-state index contributed by atoms with van der Waals surface area (Å²) in [4.78, 5) is 2.05. The zero-order valence-electron chi connectivity index (χ0n) is 8.82. The first-order chi connectivity index (χ1) is 5.95. The molecular weight excluding hydrogens is 166 g/mol. The third-order valence-electron chi connectivity index (χ3n) is 3.30. The second kappa shape index (κ2) is 3.95. The average Bonchev–Trinajstić information content (AvgIpc) is 2.02. The monoisotopic (exact) mass is 187 g/mol. The van der Waals surface area contributed by atoms with E-state index in [-0.39, 0.29) is 12.0 Å². The predicted molar refractivity (Wildman–Crippen MR) is 52.3 cm³/mol.